The van der Waals surface area contributed by atoms with Gasteiger partial charge in [0.2, 0.25) is 10.0 Å². The average molecular weight is 335 g/mol. The van der Waals surface area contributed by atoms with E-state index in [1.165, 1.54) is 31.5 Å². The highest BCUT2D eigenvalue weighted by Crippen LogP contribution is 2.23. The molecule has 0 atom stereocenters. The summed E-state index contributed by atoms with van der Waals surface area (Å²) in [5.41, 5.74) is 0.620. The molecule has 1 aromatic carbocycles. The number of amides is 1. The van der Waals surface area contributed by atoms with Crippen molar-refractivity contribution in [1.29, 1.82) is 0 Å². The molecule has 0 aliphatic rings. The van der Waals surface area contributed by atoms with Gasteiger partial charge < -0.3 is 10.1 Å². The number of sulfonamides is 1. The zero-order chi connectivity index (χ0) is 16.9. The lowest BCUT2D eigenvalue weighted by molar-refractivity contribution is 0.102. The van der Waals surface area contributed by atoms with Crippen LogP contribution >= 0.6 is 0 Å². The molecule has 2 N–H and O–H groups in total. The van der Waals surface area contributed by atoms with Crippen molar-refractivity contribution in [2.75, 3.05) is 19.0 Å². The summed E-state index contributed by atoms with van der Waals surface area (Å²) in [4.78, 5) is 16.3. The van der Waals surface area contributed by atoms with Gasteiger partial charge in [-0.1, -0.05) is 6.92 Å². The van der Waals surface area contributed by atoms with Crippen molar-refractivity contribution in [2.24, 2.45) is 0 Å². The maximum absolute atomic E-state index is 12.4. The number of pyridine rings is 1. The van der Waals surface area contributed by atoms with Crippen LogP contribution < -0.4 is 14.8 Å². The second-order valence-electron chi connectivity index (χ2n) is 4.56. The highest BCUT2D eigenvalue weighted by Gasteiger charge is 2.19. The molecular formula is C15H17N3O4S. The van der Waals surface area contributed by atoms with Crippen molar-refractivity contribution >= 4 is 21.6 Å². The second kappa shape index (κ2) is 7.21. The maximum Gasteiger partial charge on any atom is 0.259 e. The van der Waals surface area contributed by atoms with Gasteiger partial charge in [0.15, 0.2) is 0 Å². The molecule has 0 radical (unpaired) electrons. The smallest absolute Gasteiger partial charge is 0.259 e. The van der Waals surface area contributed by atoms with Crippen LogP contribution in [0, 0.1) is 0 Å². The molecule has 0 bridgehead atoms. The molecule has 7 nitrogen and oxygen atoms in total. The van der Waals surface area contributed by atoms with E-state index in [-0.39, 0.29) is 22.8 Å². The monoisotopic (exact) mass is 335 g/mol. The first kappa shape index (κ1) is 16.9. The molecule has 0 aliphatic heterocycles. The summed E-state index contributed by atoms with van der Waals surface area (Å²) >= 11 is 0. The van der Waals surface area contributed by atoms with E-state index < -0.39 is 15.9 Å². The minimum absolute atomic E-state index is 0.00325. The van der Waals surface area contributed by atoms with E-state index in [2.05, 4.69) is 15.0 Å². The second-order valence-corrected chi connectivity index (χ2v) is 6.33. The number of carbonyl (C=O) groups excluding carboxylic acids is 1. The van der Waals surface area contributed by atoms with Gasteiger partial charge in [0, 0.05) is 12.7 Å². The number of hydrogen-bond donors (Lipinski definition) is 2. The maximum atomic E-state index is 12.4. The van der Waals surface area contributed by atoms with Crippen LogP contribution in [-0.2, 0) is 10.0 Å². The lowest BCUT2D eigenvalue weighted by atomic mass is 10.2. The van der Waals surface area contributed by atoms with Gasteiger partial charge in [-0.15, -0.1) is 0 Å². The molecule has 0 aliphatic carbocycles. The Balaban J connectivity index is 2.38. The Labute approximate surface area is 134 Å². The predicted octanol–water partition coefficient (Wildman–Crippen LogP) is 1.64. The number of nitrogens with zero attached hydrogens (tertiary/aromatic N) is 1. The van der Waals surface area contributed by atoms with Crippen molar-refractivity contribution in [1.82, 2.24) is 9.71 Å². The van der Waals surface area contributed by atoms with Crippen molar-refractivity contribution in [2.45, 2.75) is 11.8 Å². The summed E-state index contributed by atoms with van der Waals surface area (Å²) in [7, 11) is -2.25. The van der Waals surface area contributed by atoms with Crippen LogP contribution in [0.25, 0.3) is 0 Å². The molecule has 122 valence electrons. The fraction of sp³-hybridized carbons (Fsp3) is 0.200. The molecule has 0 saturated carbocycles. The molecule has 0 fully saturated rings. The van der Waals surface area contributed by atoms with E-state index >= 15 is 0 Å². The zero-order valence-electron chi connectivity index (χ0n) is 12.7. The lowest BCUT2D eigenvalue weighted by Gasteiger charge is -2.11. The van der Waals surface area contributed by atoms with Crippen molar-refractivity contribution < 1.29 is 17.9 Å². The Hall–Kier alpha value is -2.45. The molecule has 8 heteroatoms. The SMILES string of the molecule is CCNS(=O)(=O)c1ccc(OC)c(C(=O)Nc2cccnc2)c1. The van der Waals surface area contributed by atoms with E-state index in [0.717, 1.165) is 0 Å². The van der Waals surface area contributed by atoms with Crippen LogP contribution in [0.1, 0.15) is 17.3 Å². The zero-order valence-corrected chi connectivity index (χ0v) is 13.6. The summed E-state index contributed by atoms with van der Waals surface area (Å²) < 4.78 is 31.7. The normalized spacial score (nSPS) is 11.0. The Kier molecular flexibility index (Phi) is 5.30. The minimum atomic E-state index is -3.66. The number of methoxy groups -OCH3 is 1. The summed E-state index contributed by atoms with van der Waals surface area (Å²) in [6.45, 7) is 1.93. The largest absolute Gasteiger partial charge is 0.496 e. The van der Waals surface area contributed by atoms with Crippen LogP contribution in [-0.4, -0.2) is 33.0 Å². The standard InChI is InChI=1S/C15H17N3O4S/c1-3-17-23(20,21)12-6-7-14(22-2)13(9-12)15(19)18-11-5-4-8-16-10-11/h4-10,17H,3H2,1-2H3,(H,18,19). The fourth-order valence-corrected chi connectivity index (χ4v) is 3.01. The van der Waals surface area contributed by atoms with Gasteiger partial charge in [-0.25, -0.2) is 13.1 Å². The summed E-state index contributed by atoms with van der Waals surface area (Å²) in [5, 5.41) is 2.65. The first-order valence-corrected chi connectivity index (χ1v) is 8.35. The molecule has 0 unspecified atom stereocenters. The lowest BCUT2D eigenvalue weighted by Crippen LogP contribution is -2.24. The quantitative estimate of drug-likeness (QED) is 0.836. The molecule has 0 spiro atoms. The molecule has 2 aromatic rings. The number of nitrogens with one attached hydrogen (secondary N) is 2. The summed E-state index contributed by atoms with van der Waals surface area (Å²) in [6.07, 6.45) is 3.07. The third kappa shape index (κ3) is 4.05. The van der Waals surface area contributed by atoms with Crippen molar-refractivity contribution in [3.63, 3.8) is 0 Å². The highest BCUT2D eigenvalue weighted by atomic mass is 32.2. The van der Waals surface area contributed by atoms with Gasteiger partial charge in [-0.2, -0.15) is 0 Å². The Morgan fingerprint density at radius 1 is 1.30 bits per heavy atom. The minimum Gasteiger partial charge on any atom is -0.496 e. The van der Waals surface area contributed by atoms with E-state index in [9.17, 15) is 13.2 Å². The van der Waals surface area contributed by atoms with E-state index in [0.29, 0.717) is 5.69 Å². The Morgan fingerprint density at radius 3 is 2.70 bits per heavy atom. The van der Waals surface area contributed by atoms with Crippen LogP contribution in [0.15, 0.2) is 47.6 Å². The number of benzene rings is 1. The van der Waals surface area contributed by atoms with E-state index in [1.54, 1.807) is 25.3 Å². The van der Waals surface area contributed by atoms with Crippen LogP contribution in [0.3, 0.4) is 0 Å². The Morgan fingerprint density at radius 2 is 2.09 bits per heavy atom. The predicted molar refractivity (Wildman–Crippen MR) is 86.0 cm³/mol. The fourth-order valence-electron chi connectivity index (χ4n) is 1.94. The molecule has 1 amide bonds. The van der Waals surface area contributed by atoms with E-state index in [4.69, 9.17) is 4.74 Å². The number of carbonyl (C=O) groups is 1. The van der Waals surface area contributed by atoms with Crippen molar-refractivity contribution in [3.8, 4) is 5.75 Å². The summed E-state index contributed by atoms with van der Waals surface area (Å²) in [6, 6.07) is 7.47. The van der Waals surface area contributed by atoms with Gasteiger partial charge in [0.1, 0.15) is 5.75 Å². The van der Waals surface area contributed by atoms with Gasteiger partial charge in [-0.05, 0) is 30.3 Å². The van der Waals surface area contributed by atoms with E-state index in [1.807, 2.05) is 0 Å². The first-order chi connectivity index (χ1) is 11.0. The van der Waals surface area contributed by atoms with Crippen LogP contribution in [0.2, 0.25) is 0 Å². The van der Waals surface area contributed by atoms with Gasteiger partial charge in [0.25, 0.3) is 5.91 Å². The number of anilines is 1. The average Bonchev–Trinajstić information content (AvgIpc) is 2.55. The molecule has 0 saturated heterocycles. The first-order valence-electron chi connectivity index (χ1n) is 6.87. The third-order valence-electron chi connectivity index (χ3n) is 2.98. The topological polar surface area (TPSA) is 97.4 Å². The van der Waals surface area contributed by atoms with Crippen LogP contribution in [0.5, 0.6) is 5.75 Å². The molecule has 1 aromatic heterocycles. The molecular weight excluding hydrogens is 318 g/mol. The number of aromatic nitrogens is 1. The number of hydrogen-bond acceptors (Lipinski definition) is 5. The van der Waals surface area contributed by atoms with Gasteiger partial charge in [-0.3, -0.25) is 9.78 Å². The highest BCUT2D eigenvalue weighted by molar-refractivity contribution is 7.89. The molecule has 23 heavy (non-hydrogen) atoms. The van der Waals surface area contributed by atoms with Gasteiger partial charge >= 0.3 is 0 Å². The van der Waals surface area contributed by atoms with Gasteiger partial charge in [0.05, 0.1) is 29.5 Å². The van der Waals surface area contributed by atoms with Crippen molar-refractivity contribution in [3.05, 3.63) is 48.3 Å². The number of rotatable bonds is 6. The molecule has 1 heterocycles. The third-order valence-corrected chi connectivity index (χ3v) is 4.52. The molecule has 2 rings (SSSR count). The van der Waals surface area contributed by atoms with Crippen LogP contribution in [0.4, 0.5) is 5.69 Å². The Bertz CT molecular complexity index is 792. The summed E-state index contributed by atoms with van der Waals surface area (Å²) in [5.74, 6) is -0.203. The number of ether oxygens (including phenoxy) is 1.